The van der Waals surface area contributed by atoms with Gasteiger partial charge in [-0.2, -0.15) is 0 Å². The molecule has 0 unspecified atom stereocenters. The minimum absolute atomic E-state index is 0.138. The van der Waals surface area contributed by atoms with Gasteiger partial charge in [0.05, 0.1) is 17.9 Å². The van der Waals surface area contributed by atoms with Crippen molar-refractivity contribution < 1.29 is 14.3 Å². The Bertz CT molecular complexity index is 718. The Kier molecular flexibility index (Phi) is 11.8. The van der Waals surface area contributed by atoms with E-state index in [1.54, 1.807) is 0 Å². The SMILES string of the molecule is CCCCCCCCCCCOC(=O)CCN1C(=O)C(=Cc2ccccc2)SC1=S. The van der Waals surface area contributed by atoms with Crippen molar-refractivity contribution in [3.05, 3.63) is 40.8 Å². The summed E-state index contributed by atoms with van der Waals surface area (Å²) in [5.74, 6) is -0.406. The molecule has 2 rings (SSSR count). The number of benzene rings is 1. The van der Waals surface area contributed by atoms with Gasteiger partial charge in [0.25, 0.3) is 5.91 Å². The number of unbranched alkanes of at least 4 members (excludes halogenated alkanes) is 8. The number of carbonyl (C=O) groups is 2. The standard InChI is InChI=1S/C24H33NO3S2/c1-2-3-4-5-6-7-8-9-13-18-28-22(26)16-17-25-23(27)21(30-24(25)29)19-20-14-11-10-12-15-20/h10-12,14-15,19H,2-9,13,16-18H2,1H3. The Labute approximate surface area is 190 Å². The lowest BCUT2D eigenvalue weighted by molar-refractivity contribution is -0.144. The highest BCUT2D eigenvalue weighted by atomic mass is 32.2. The van der Waals surface area contributed by atoms with Crippen LogP contribution in [0.15, 0.2) is 35.2 Å². The number of nitrogens with zero attached hydrogens (tertiary/aromatic N) is 1. The van der Waals surface area contributed by atoms with Crippen LogP contribution in [0.5, 0.6) is 0 Å². The van der Waals surface area contributed by atoms with Gasteiger partial charge in [-0.15, -0.1) is 0 Å². The molecule has 0 N–H and O–H groups in total. The number of thioether (sulfide) groups is 1. The van der Waals surface area contributed by atoms with Crippen molar-refractivity contribution in [2.75, 3.05) is 13.2 Å². The normalized spacial score (nSPS) is 15.2. The van der Waals surface area contributed by atoms with E-state index >= 15 is 0 Å². The lowest BCUT2D eigenvalue weighted by Gasteiger charge is -2.13. The zero-order chi connectivity index (χ0) is 21.6. The smallest absolute Gasteiger partial charge is 0.307 e. The third-order valence-corrected chi connectivity index (χ3v) is 6.40. The average Bonchev–Trinajstić information content (AvgIpc) is 3.01. The van der Waals surface area contributed by atoms with E-state index in [0.29, 0.717) is 15.8 Å². The van der Waals surface area contributed by atoms with Gasteiger partial charge >= 0.3 is 5.97 Å². The number of hydrogen-bond acceptors (Lipinski definition) is 5. The minimum atomic E-state index is -0.268. The molecule has 4 nitrogen and oxygen atoms in total. The van der Waals surface area contributed by atoms with E-state index in [0.717, 1.165) is 18.4 Å². The molecule has 30 heavy (non-hydrogen) atoms. The van der Waals surface area contributed by atoms with Crippen LogP contribution in [0.25, 0.3) is 6.08 Å². The predicted molar refractivity (Wildman–Crippen MR) is 129 cm³/mol. The maximum absolute atomic E-state index is 12.6. The third-order valence-electron chi connectivity index (χ3n) is 5.02. The summed E-state index contributed by atoms with van der Waals surface area (Å²) < 4.78 is 5.81. The maximum Gasteiger partial charge on any atom is 0.307 e. The quantitative estimate of drug-likeness (QED) is 0.144. The topological polar surface area (TPSA) is 46.6 Å². The fourth-order valence-electron chi connectivity index (χ4n) is 3.27. The second-order valence-electron chi connectivity index (χ2n) is 7.54. The summed E-state index contributed by atoms with van der Waals surface area (Å²) >= 11 is 6.60. The molecule has 6 heteroatoms. The van der Waals surface area contributed by atoms with E-state index in [4.69, 9.17) is 17.0 Å². The molecule has 1 aromatic carbocycles. The fourth-order valence-corrected chi connectivity index (χ4v) is 4.58. The van der Waals surface area contributed by atoms with Crippen molar-refractivity contribution in [2.45, 2.75) is 71.1 Å². The van der Waals surface area contributed by atoms with E-state index in [-0.39, 0.29) is 24.8 Å². The summed E-state index contributed by atoms with van der Waals surface area (Å²) in [6, 6.07) is 9.67. The molecule has 164 valence electrons. The predicted octanol–water partition coefficient (Wildman–Crippen LogP) is 6.35. The molecule has 0 aromatic heterocycles. The van der Waals surface area contributed by atoms with E-state index in [9.17, 15) is 9.59 Å². The first-order valence-corrected chi connectivity index (χ1v) is 12.3. The Hall–Kier alpha value is -1.66. The third kappa shape index (κ3) is 9.00. The Morgan fingerprint density at radius 2 is 1.67 bits per heavy atom. The van der Waals surface area contributed by atoms with Gasteiger partial charge < -0.3 is 4.74 Å². The number of esters is 1. The second-order valence-corrected chi connectivity index (χ2v) is 9.22. The zero-order valence-corrected chi connectivity index (χ0v) is 19.6. The molecule has 0 bridgehead atoms. The number of rotatable bonds is 14. The summed E-state index contributed by atoms with van der Waals surface area (Å²) in [5.41, 5.74) is 0.957. The van der Waals surface area contributed by atoms with Gasteiger partial charge in [-0.3, -0.25) is 14.5 Å². The van der Waals surface area contributed by atoms with Gasteiger partial charge in [-0.1, -0.05) is 113 Å². The molecule has 1 saturated heterocycles. The average molecular weight is 448 g/mol. The van der Waals surface area contributed by atoms with E-state index in [2.05, 4.69) is 6.92 Å². The number of hydrogen-bond donors (Lipinski definition) is 0. The minimum Gasteiger partial charge on any atom is -0.466 e. The highest BCUT2D eigenvalue weighted by Gasteiger charge is 2.32. The van der Waals surface area contributed by atoms with Gasteiger partial charge in [-0.25, -0.2) is 0 Å². The molecular formula is C24H33NO3S2. The highest BCUT2D eigenvalue weighted by molar-refractivity contribution is 8.26. The Morgan fingerprint density at radius 1 is 1.03 bits per heavy atom. The monoisotopic (exact) mass is 447 g/mol. The van der Waals surface area contributed by atoms with Crippen molar-refractivity contribution >= 4 is 46.3 Å². The lowest BCUT2D eigenvalue weighted by Crippen LogP contribution is -2.30. The van der Waals surface area contributed by atoms with Crippen LogP contribution >= 0.6 is 24.0 Å². The zero-order valence-electron chi connectivity index (χ0n) is 17.9. The Balaban J connectivity index is 1.59. The first-order valence-electron chi connectivity index (χ1n) is 11.1. The largest absolute Gasteiger partial charge is 0.466 e. The molecule has 0 spiro atoms. The molecule has 1 aliphatic rings. The molecule has 0 aliphatic carbocycles. The molecule has 0 atom stereocenters. The van der Waals surface area contributed by atoms with Crippen LogP contribution in [-0.2, 0) is 14.3 Å². The Morgan fingerprint density at radius 3 is 2.33 bits per heavy atom. The van der Waals surface area contributed by atoms with Crippen molar-refractivity contribution in [3.63, 3.8) is 0 Å². The molecular weight excluding hydrogens is 414 g/mol. The summed E-state index contributed by atoms with van der Waals surface area (Å²) in [5, 5.41) is 0. The molecule has 1 heterocycles. The van der Waals surface area contributed by atoms with Crippen LogP contribution < -0.4 is 0 Å². The van der Waals surface area contributed by atoms with Crippen molar-refractivity contribution in [1.29, 1.82) is 0 Å². The number of ether oxygens (including phenoxy) is 1. The van der Waals surface area contributed by atoms with Gasteiger partial charge in [0.1, 0.15) is 4.32 Å². The maximum atomic E-state index is 12.6. The molecule has 0 radical (unpaired) electrons. The molecule has 0 saturated carbocycles. The van der Waals surface area contributed by atoms with Crippen LogP contribution in [0.4, 0.5) is 0 Å². The second kappa shape index (κ2) is 14.4. The summed E-state index contributed by atoms with van der Waals surface area (Å²) in [4.78, 5) is 26.7. The van der Waals surface area contributed by atoms with Crippen molar-refractivity contribution in [2.24, 2.45) is 0 Å². The van der Waals surface area contributed by atoms with Gasteiger partial charge in [0, 0.05) is 6.54 Å². The summed E-state index contributed by atoms with van der Waals surface area (Å²) in [6.45, 7) is 2.96. The molecule has 1 fully saturated rings. The molecule has 1 aromatic rings. The molecule has 1 amide bonds. The fraction of sp³-hybridized carbons (Fsp3) is 0.542. The van der Waals surface area contributed by atoms with E-state index in [1.165, 1.54) is 61.6 Å². The number of carbonyl (C=O) groups excluding carboxylic acids is 2. The van der Waals surface area contributed by atoms with Crippen LogP contribution in [-0.4, -0.2) is 34.2 Å². The summed E-state index contributed by atoms with van der Waals surface area (Å²) in [7, 11) is 0. The lowest BCUT2D eigenvalue weighted by atomic mass is 10.1. The number of amides is 1. The van der Waals surface area contributed by atoms with E-state index < -0.39 is 0 Å². The van der Waals surface area contributed by atoms with Gasteiger partial charge in [0.15, 0.2) is 0 Å². The van der Waals surface area contributed by atoms with Gasteiger partial charge in [-0.05, 0) is 18.1 Å². The summed E-state index contributed by atoms with van der Waals surface area (Å²) in [6.07, 6.45) is 13.1. The van der Waals surface area contributed by atoms with Crippen LogP contribution in [0.1, 0.15) is 76.7 Å². The van der Waals surface area contributed by atoms with Gasteiger partial charge in [0.2, 0.25) is 0 Å². The van der Waals surface area contributed by atoms with Crippen molar-refractivity contribution in [1.82, 2.24) is 4.90 Å². The first kappa shape index (κ1) is 24.6. The van der Waals surface area contributed by atoms with E-state index in [1.807, 2.05) is 36.4 Å². The van der Waals surface area contributed by atoms with Crippen LogP contribution in [0, 0.1) is 0 Å². The highest BCUT2D eigenvalue weighted by Crippen LogP contribution is 2.32. The van der Waals surface area contributed by atoms with Crippen LogP contribution in [0.2, 0.25) is 0 Å². The molecule has 1 aliphatic heterocycles. The number of thiocarbonyl (C=S) groups is 1. The first-order chi connectivity index (χ1) is 14.6. The van der Waals surface area contributed by atoms with Crippen LogP contribution in [0.3, 0.4) is 0 Å². The van der Waals surface area contributed by atoms with Crippen molar-refractivity contribution in [3.8, 4) is 0 Å².